The molecule has 0 aliphatic carbocycles. The standard InChI is InChI=1S/C20H23N3O2S/c1-4-25-19(24)18-12-21-23(15(18)3)20-22-17(13-26-20)10-6-9-16-8-5-7-14(2)11-16/h5,7-8,11-13H,4,6,9-10H2,1-3H3. The van der Waals surface area contributed by atoms with E-state index in [2.05, 4.69) is 46.7 Å². The Kier molecular flexibility index (Phi) is 5.83. The molecule has 2 heterocycles. The summed E-state index contributed by atoms with van der Waals surface area (Å²) in [4.78, 5) is 16.6. The Morgan fingerprint density at radius 1 is 1.27 bits per heavy atom. The quantitative estimate of drug-likeness (QED) is 0.583. The summed E-state index contributed by atoms with van der Waals surface area (Å²) >= 11 is 1.54. The Morgan fingerprint density at radius 3 is 2.88 bits per heavy atom. The van der Waals surface area contributed by atoms with Crippen LogP contribution in [0.3, 0.4) is 0 Å². The van der Waals surface area contributed by atoms with Crippen LogP contribution in [-0.4, -0.2) is 27.3 Å². The van der Waals surface area contributed by atoms with Gasteiger partial charge in [-0.05, 0) is 45.6 Å². The van der Waals surface area contributed by atoms with Crippen LogP contribution in [0.1, 0.15) is 46.2 Å². The topological polar surface area (TPSA) is 57.0 Å². The molecule has 0 aliphatic rings. The van der Waals surface area contributed by atoms with E-state index in [1.54, 1.807) is 29.1 Å². The number of carbonyl (C=O) groups is 1. The van der Waals surface area contributed by atoms with E-state index in [1.807, 2.05) is 6.92 Å². The fourth-order valence-corrected chi connectivity index (χ4v) is 3.73. The first-order chi connectivity index (χ1) is 12.6. The fraction of sp³-hybridized carbons (Fsp3) is 0.350. The summed E-state index contributed by atoms with van der Waals surface area (Å²) in [6.45, 7) is 6.12. The SMILES string of the molecule is CCOC(=O)c1cnn(-c2nc(CCCc3cccc(C)c3)cs2)c1C. The molecule has 0 atom stereocenters. The summed E-state index contributed by atoms with van der Waals surface area (Å²) in [5.41, 5.74) is 4.96. The van der Waals surface area contributed by atoms with Crippen molar-refractivity contribution < 1.29 is 9.53 Å². The van der Waals surface area contributed by atoms with Crippen LogP contribution in [0.2, 0.25) is 0 Å². The number of hydrogen-bond donors (Lipinski definition) is 0. The number of nitrogens with zero attached hydrogens (tertiary/aromatic N) is 3. The summed E-state index contributed by atoms with van der Waals surface area (Å²) in [6, 6.07) is 8.63. The van der Waals surface area contributed by atoms with Crippen molar-refractivity contribution in [3.05, 3.63) is 63.9 Å². The average Bonchev–Trinajstić information content (AvgIpc) is 3.21. The van der Waals surface area contributed by atoms with Gasteiger partial charge in [0, 0.05) is 5.38 Å². The molecule has 0 radical (unpaired) electrons. The van der Waals surface area contributed by atoms with Crippen molar-refractivity contribution in [3.63, 3.8) is 0 Å². The fourth-order valence-electron chi connectivity index (χ4n) is 2.86. The number of aromatic nitrogens is 3. The van der Waals surface area contributed by atoms with Crippen molar-refractivity contribution in [1.82, 2.24) is 14.8 Å². The lowest BCUT2D eigenvalue weighted by molar-refractivity contribution is 0.0525. The Hall–Kier alpha value is -2.47. The first-order valence-electron chi connectivity index (χ1n) is 8.80. The van der Waals surface area contributed by atoms with Crippen molar-refractivity contribution >= 4 is 17.3 Å². The summed E-state index contributed by atoms with van der Waals surface area (Å²) in [6.07, 6.45) is 4.57. The van der Waals surface area contributed by atoms with Gasteiger partial charge < -0.3 is 4.74 Å². The predicted molar refractivity (Wildman–Crippen MR) is 103 cm³/mol. The van der Waals surface area contributed by atoms with E-state index in [0.29, 0.717) is 12.2 Å². The Bertz CT molecular complexity index is 898. The number of thiazole rings is 1. The molecular weight excluding hydrogens is 346 g/mol. The number of aryl methyl sites for hydroxylation is 3. The number of esters is 1. The van der Waals surface area contributed by atoms with Gasteiger partial charge in [-0.2, -0.15) is 5.10 Å². The minimum Gasteiger partial charge on any atom is -0.462 e. The van der Waals surface area contributed by atoms with Crippen LogP contribution < -0.4 is 0 Å². The van der Waals surface area contributed by atoms with Gasteiger partial charge in [-0.25, -0.2) is 14.5 Å². The van der Waals surface area contributed by atoms with E-state index in [1.165, 1.54) is 11.1 Å². The Morgan fingerprint density at radius 2 is 2.12 bits per heavy atom. The molecule has 0 saturated carbocycles. The number of hydrogen-bond acceptors (Lipinski definition) is 5. The van der Waals surface area contributed by atoms with Crippen molar-refractivity contribution in [2.45, 2.75) is 40.0 Å². The first kappa shape index (κ1) is 18.3. The van der Waals surface area contributed by atoms with Crippen LogP contribution in [0.4, 0.5) is 0 Å². The van der Waals surface area contributed by atoms with E-state index in [4.69, 9.17) is 4.74 Å². The van der Waals surface area contributed by atoms with Gasteiger partial charge in [-0.3, -0.25) is 0 Å². The van der Waals surface area contributed by atoms with E-state index in [-0.39, 0.29) is 5.97 Å². The zero-order chi connectivity index (χ0) is 18.5. The molecule has 0 fully saturated rings. The molecule has 5 nitrogen and oxygen atoms in total. The molecule has 0 amide bonds. The first-order valence-corrected chi connectivity index (χ1v) is 9.68. The van der Waals surface area contributed by atoms with Crippen LogP contribution in [0.25, 0.3) is 5.13 Å². The minimum absolute atomic E-state index is 0.341. The van der Waals surface area contributed by atoms with Gasteiger partial charge in [-0.15, -0.1) is 11.3 Å². The molecule has 6 heteroatoms. The van der Waals surface area contributed by atoms with Crippen molar-refractivity contribution in [1.29, 1.82) is 0 Å². The lowest BCUT2D eigenvalue weighted by atomic mass is 10.1. The van der Waals surface area contributed by atoms with Crippen LogP contribution >= 0.6 is 11.3 Å². The minimum atomic E-state index is -0.341. The lowest BCUT2D eigenvalue weighted by Crippen LogP contribution is -2.06. The molecule has 0 bridgehead atoms. The summed E-state index contributed by atoms with van der Waals surface area (Å²) < 4.78 is 6.77. The van der Waals surface area contributed by atoms with Gasteiger partial charge in [0.05, 0.1) is 24.2 Å². The molecule has 26 heavy (non-hydrogen) atoms. The number of carbonyl (C=O) groups excluding carboxylic acids is 1. The second-order valence-electron chi connectivity index (χ2n) is 6.24. The van der Waals surface area contributed by atoms with Crippen molar-refractivity contribution in [3.8, 4) is 5.13 Å². The molecule has 3 aromatic rings. The molecule has 2 aromatic heterocycles. The molecule has 0 aliphatic heterocycles. The normalized spacial score (nSPS) is 10.9. The highest BCUT2D eigenvalue weighted by Gasteiger charge is 2.17. The van der Waals surface area contributed by atoms with Crippen molar-refractivity contribution in [2.24, 2.45) is 0 Å². The molecule has 0 saturated heterocycles. The predicted octanol–water partition coefficient (Wildman–Crippen LogP) is 4.30. The maximum Gasteiger partial charge on any atom is 0.341 e. The van der Waals surface area contributed by atoms with E-state index in [9.17, 15) is 4.79 Å². The smallest absolute Gasteiger partial charge is 0.341 e. The number of ether oxygens (including phenoxy) is 1. The molecule has 3 rings (SSSR count). The Balaban J connectivity index is 1.64. The molecule has 0 N–H and O–H groups in total. The largest absolute Gasteiger partial charge is 0.462 e. The molecule has 0 spiro atoms. The van der Waals surface area contributed by atoms with E-state index in [0.717, 1.165) is 35.8 Å². The van der Waals surface area contributed by atoms with Gasteiger partial charge in [0.25, 0.3) is 0 Å². The van der Waals surface area contributed by atoms with Gasteiger partial charge >= 0.3 is 5.97 Å². The zero-order valence-corrected chi connectivity index (χ0v) is 16.2. The van der Waals surface area contributed by atoms with Crippen LogP contribution in [0.15, 0.2) is 35.8 Å². The number of benzene rings is 1. The van der Waals surface area contributed by atoms with Gasteiger partial charge in [-0.1, -0.05) is 29.8 Å². The zero-order valence-electron chi connectivity index (χ0n) is 15.4. The maximum atomic E-state index is 11.9. The lowest BCUT2D eigenvalue weighted by Gasteiger charge is -2.02. The second-order valence-corrected chi connectivity index (χ2v) is 7.08. The number of rotatable bonds is 7. The summed E-state index contributed by atoms with van der Waals surface area (Å²) in [7, 11) is 0. The van der Waals surface area contributed by atoms with Crippen LogP contribution in [0.5, 0.6) is 0 Å². The molecular formula is C20H23N3O2S. The van der Waals surface area contributed by atoms with Gasteiger partial charge in [0.2, 0.25) is 5.13 Å². The third kappa shape index (κ3) is 4.19. The monoisotopic (exact) mass is 369 g/mol. The average molecular weight is 369 g/mol. The van der Waals surface area contributed by atoms with E-state index < -0.39 is 0 Å². The third-order valence-electron chi connectivity index (χ3n) is 4.21. The highest BCUT2D eigenvalue weighted by atomic mass is 32.1. The summed E-state index contributed by atoms with van der Waals surface area (Å²) in [5.74, 6) is -0.341. The van der Waals surface area contributed by atoms with E-state index >= 15 is 0 Å². The molecule has 0 unspecified atom stereocenters. The van der Waals surface area contributed by atoms with Gasteiger partial charge in [0.15, 0.2) is 0 Å². The van der Waals surface area contributed by atoms with Crippen molar-refractivity contribution in [2.75, 3.05) is 6.61 Å². The molecule has 1 aromatic carbocycles. The highest BCUT2D eigenvalue weighted by Crippen LogP contribution is 2.20. The molecule has 136 valence electrons. The van der Waals surface area contributed by atoms with Crippen LogP contribution in [0, 0.1) is 13.8 Å². The highest BCUT2D eigenvalue weighted by molar-refractivity contribution is 7.12. The van der Waals surface area contributed by atoms with Crippen LogP contribution in [-0.2, 0) is 17.6 Å². The maximum absolute atomic E-state index is 11.9. The third-order valence-corrected chi connectivity index (χ3v) is 5.07. The van der Waals surface area contributed by atoms with Gasteiger partial charge in [0.1, 0.15) is 5.56 Å². The summed E-state index contributed by atoms with van der Waals surface area (Å²) in [5, 5.41) is 7.15. The Labute approximate surface area is 157 Å². The second kappa shape index (κ2) is 8.27.